The third-order valence-corrected chi connectivity index (χ3v) is 4.78. The summed E-state index contributed by atoms with van der Waals surface area (Å²) < 4.78 is 5.39. The van der Waals surface area contributed by atoms with Crippen LogP contribution in [0.1, 0.15) is 40.0 Å². The predicted molar refractivity (Wildman–Crippen MR) is 78.3 cm³/mol. The first-order valence-electron chi connectivity index (χ1n) is 7.67. The molecule has 20 heavy (non-hydrogen) atoms. The number of allylic oxidation sites excluding steroid dienone is 1. The minimum atomic E-state index is -0.633. The number of amides is 1. The van der Waals surface area contributed by atoms with Crippen molar-refractivity contribution in [3.63, 3.8) is 0 Å². The molecule has 2 atom stereocenters. The zero-order valence-corrected chi connectivity index (χ0v) is 12.9. The van der Waals surface area contributed by atoms with Gasteiger partial charge < -0.3 is 14.7 Å². The van der Waals surface area contributed by atoms with Gasteiger partial charge in [0.2, 0.25) is 5.91 Å². The maximum Gasteiger partial charge on any atom is 0.246 e. The van der Waals surface area contributed by atoms with Gasteiger partial charge in [0.1, 0.15) is 0 Å². The van der Waals surface area contributed by atoms with E-state index in [1.807, 2.05) is 18.7 Å². The highest BCUT2D eigenvalue weighted by atomic mass is 16.5. The molecule has 0 spiro atoms. The summed E-state index contributed by atoms with van der Waals surface area (Å²) in [5.74, 6) is 0.506. The van der Waals surface area contributed by atoms with Gasteiger partial charge in [-0.05, 0) is 39.0 Å². The quantitative estimate of drug-likeness (QED) is 0.787. The Kier molecular flexibility index (Phi) is 4.86. The van der Waals surface area contributed by atoms with Crippen molar-refractivity contribution in [1.29, 1.82) is 0 Å². The first-order valence-corrected chi connectivity index (χ1v) is 7.67. The fourth-order valence-electron chi connectivity index (χ4n) is 3.48. The summed E-state index contributed by atoms with van der Waals surface area (Å²) in [6, 6.07) is 0. The fourth-order valence-corrected chi connectivity index (χ4v) is 3.48. The van der Waals surface area contributed by atoms with Gasteiger partial charge in [0.05, 0.1) is 5.60 Å². The Morgan fingerprint density at radius 2 is 2.00 bits per heavy atom. The van der Waals surface area contributed by atoms with Crippen molar-refractivity contribution < 1.29 is 14.6 Å². The van der Waals surface area contributed by atoms with Crippen molar-refractivity contribution in [2.24, 2.45) is 11.8 Å². The van der Waals surface area contributed by atoms with Gasteiger partial charge in [-0.2, -0.15) is 0 Å². The highest BCUT2D eigenvalue weighted by Gasteiger charge is 2.45. The van der Waals surface area contributed by atoms with Crippen LogP contribution in [0.4, 0.5) is 0 Å². The molecule has 0 aromatic carbocycles. The van der Waals surface area contributed by atoms with Crippen LogP contribution in [0.2, 0.25) is 0 Å². The van der Waals surface area contributed by atoms with Crippen LogP contribution >= 0.6 is 0 Å². The number of carbonyl (C=O) groups excluding carboxylic acids is 1. The number of carbonyl (C=O) groups is 1. The lowest BCUT2D eigenvalue weighted by atomic mass is 9.70. The normalized spacial score (nSPS) is 32.0. The summed E-state index contributed by atoms with van der Waals surface area (Å²) in [5.41, 5.74) is 0.388. The van der Waals surface area contributed by atoms with Gasteiger partial charge >= 0.3 is 0 Å². The van der Waals surface area contributed by atoms with E-state index in [4.69, 9.17) is 4.74 Å². The van der Waals surface area contributed by atoms with Crippen LogP contribution in [0.25, 0.3) is 0 Å². The van der Waals surface area contributed by atoms with Gasteiger partial charge in [-0.15, -0.1) is 0 Å². The van der Waals surface area contributed by atoms with Crippen LogP contribution in [-0.4, -0.2) is 47.8 Å². The maximum atomic E-state index is 12.1. The van der Waals surface area contributed by atoms with Crippen molar-refractivity contribution in [3.05, 3.63) is 11.6 Å². The van der Waals surface area contributed by atoms with Crippen LogP contribution in [-0.2, 0) is 9.53 Å². The molecule has 0 radical (unpaired) electrons. The summed E-state index contributed by atoms with van der Waals surface area (Å²) >= 11 is 0. The molecule has 1 N–H and O–H groups in total. The lowest BCUT2D eigenvalue weighted by Gasteiger charge is -2.48. The second kappa shape index (κ2) is 6.27. The van der Waals surface area contributed by atoms with Gasteiger partial charge in [-0.3, -0.25) is 4.79 Å². The van der Waals surface area contributed by atoms with Crippen LogP contribution in [0.15, 0.2) is 11.6 Å². The van der Waals surface area contributed by atoms with Crippen LogP contribution in [0, 0.1) is 11.8 Å². The standard InChI is InChI=1S/C16H27NO3/c1-12(2)10-15(18)17-7-6-16(19,13(3)11-17)14-4-8-20-9-5-14/h10,13-14,19H,4-9,11H2,1-3H3. The van der Waals surface area contributed by atoms with E-state index in [0.717, 1.165) is 31.6 Å². The molecular formula is C16H27NO3. The van der Waals surface area contributed by atoms with E-state index in [1.54, 1.807) is 6.08 Å². The largest absolute Gasteiger partial charge is 0.389 e. The monoisotopic (exact) mass is 281 g/mol. The van der Waals surface area contributed by atoms with Crippen LogP contribution in [0.3, 0.4) is 0 Å². The molecule has 1 amide bonds. The Morgan fingerprint density at radius 1 is 1.35 bits per heavy atom. The highest BCUT2D eigenvalue weighted by Crippen LogP contribution is 2.39. The van der Waals surface area contributed by atoms with E-state index in [-0.39, 0.29) is 11.8 Å². The molecule has 0 aromatic heterocycles. The van der Waals surface area contributed by atoms with E-state index in [1.165, 1.54) is 0 Å². The van der Waals surface area contributed by atoms with E-state index < -0.39 is 5.60 Å². The minimum Gasteiger partial charge on any atom is -0.389 e. The smallest absolute Gasteiger partial charge is 0.246 e. The molecular weight excluding hydrogens is 254 g/mol. The number of piperidine rings is 1. The first-order chi connectivity index (χ1) is 9.43. The Morgan fingerprint density at radius 3 is 2.55 bits per heavy atom. The fraction of sp³-hybridized carbons (Fsp3) is 0.812. The van der Waals surface area contributed by atoms with E-state index in [2.05, 4.69) is 6.92 Å². The molecule has 2 fully saturated rings. The molecule has 0 bridgehead atoms. The zero-order chi connectivity index (χ0) is 14.8. The number of hydrogen-bond donors (Lipinski definition) is 1. The first kappa shape index (κ1) is 15.5. The molecule has 0 aromatic rings. The summed E-state index contributed by atoms with van der Waals surface area (Å²) in [4.78, 5) is 14.0. The number of likely N-dealkylation sites (tertiary alicyclic amines) is 1. The third kappa shape index (κ3) is 3.23. The van der Waals surface area contributed by atoms with Crippen LogP contribution < -0.4 is 0 Å². The van der Waals surface area contributed by atoms with E-state index >= 15 is 0 Å². The summed E-state index contributed by atoms with van der Waals surface area (Å²) in [6.45, 7) is 8.74. The van der Waals surface area contributed by atoms with Gasteiger partial charge in [0.25, 0.3) is 0 Å². The second-order valence-electron chi connectivity index (χ2n) is 6.53. The SMILES string of the molecule is CC(C)=CC(=O)N1CCC(O)(C2CCOCC2)C(C)C1. The zero-order valence-electron chi connectivity index (χ0n) is 12.9. The van der Waals surface area contributed by atoms with Crippen molar-refractivity contribution >= 4 is 5.91 Å². The van der Waals surface area contributed by atoms with Crippen molar-refractivity contribution in [2.75, 3.05) is 26.3 Å². The molecule has 2 unspecified atom stereocenters. The molecule has 4 nitrogen and oxygen atoms in total. The number of ether oxygens (including phenoxy) is 1. The molecule has 0 aliphatic carbocycles. The molecule has 2 saturated heterocycles. The number of nitrogens with zero attached hydrogens (tertiary/aromatic N) is 1. The molecule has 0 saturated carbocycles. The Bertz CT molecular complexity index is 383. The predicted octanol–water partition coefficient (Wildman–Crippen LogP) is 1.98. The lowest BCUT2D eigenvalue weighted by molar-refractivity contribution is -0.147. The van der Waals surface area contributed by atoms with Gasteiger partial charge in [-0.25, -0.2) is 0 Å². The van der Waals surface area contributed by atoms with Gasteiger partial charge in [0.15, 0.2) is 0 Å². The van der Waals surface area contributed by atoms with Gasteiger partial charge in [0, 0.05) is 38.3 Å². The van der Waals surface area contributed by atoms with Crippen LogP contribution in [0.5, 0.6) is 0 Å². The second-order valence-corrected chi connectivity index (χ2v) is 6.53. The molecule has 2 heterocycles. The molecule has 2 aliphatic rings. The number of hydrogen-bond acceptors (Lipinski definition) is 3. The Labute approximate surface area is 121 Å². The average molecular weight is 281 g/mol. The summed E-state index contributed by atoms with van der Waals surface area (Å²) in [6.07, 6.45) is 4.23. The molecule has 2 rings (SSSR count). The van der Waals surface area contributed by atoms with Crippen molar-refractivity contribution in [3.8, 4) is 0 Å². The summed E-state index contributed by atoms with van der Waals surface area (Å²) in [7, 11) is 0. The van der Waals surface area contributed by atoms with E-state index in [9.17, 15) is 9.90 Å². The molecule has 4 heteroatoms. The minimum absolute atomic E-state index is 0.0749. The Balaban J connectivity index is 2.01. The third-order valence-electron chi connectivity index (χ3n) is 4.78. The summed E-state index contributed by atoms with van der Waals surface area (Å²) in [5, 5.41) is 11.0. The average Bonchev–Trinajstić information content (AvgIpc) is 2.42. The number of rotatable bonds is 2. The number of aliphatic hydroxyl groups is 1. The van der Waals surface area contributed by atoms with Crippen molar-refractivity contribution in [2.45, 2.75) is 45.6 Å². The highest BCUT2D eigenvalue weighted by molar-refractivity contribution is 5.88. The van der Waals surface area contributed by atoms with E-state index in [0.29, 0.717) is 25.4 Å². The molecule has 114 valence electrons. The van der Waals surface area contributed by atoms with Crippen molar-refractivity contribution in [1.82, 2.24) is 4.90 Å². The maximum absolute atomic E-state index is 12.1. The lowest BCUT2D eigenvalue weighted by Crippen LogP contribution is -2.56. The topological polar surface area (TPSA) is 49.8 Å². The van der Waals surface area contributed by atoms with Gasteiger partial charge in [-0.1, -0.05) is 12.5 Å². The Hall–Kier alpha value is -0.870. The molecule has 2 aliphatic heterocycles.